The Balaban J connectivity index is 1.53. The first-order valence-electron chi connectivity index (χ1n) is 10.2. The minimum absolute atomic E-state index is 0.0282. The fourth-order valence-electron chi connectivity index (χ4n) is 3.65. The molecule has 1 aliphatic rings. The molecule has 0 spiro atoms. The summed E-state index contributed by atoms with van der Waals surface area (Å²) in [4.78, 5) is 0. The Morgan fingerprint density at radius 1 is 0.828 bits per heavy atom. The van der Waals surface area contributed by atoms with E-state index >= 15 is 0 Å². The lowest BCUT2D eigenvalue weighted by molar-refractivity contribution is -0.281. The molecule has 1 heterocycles. The van der Waals surface area contributed by atoms with Gasteiger partial charge in [-0.3, -0.25) is 0 Å². The van der Waals surface area contributed by atoms with Gasteiger partial charge in [-0.1, -0.05) is 56.3 Å². The van der Waals surface area contributed by atoms with Crippen molar-refractivity contribution in [1.29, 1.82) is 0 Å². The van der Waals surface area contributed by atoms with Crippen LogP contribution < -0.4 is 4.74 Å². The molecular weight excluding hydrogens is 368 g/mol. The van der Waals surface area contributed by atoms with Crippen molar-refractivity contribution < 1.29 is 23.7 Å². The highest BCUT2D eigenvalue weighted by atomic mass is 16.7. The fraction of sp³-hybridized carbons (Fsp3) is 0.500. The molecule has 1 aliphatic heterocycles. The number of rotatable bonds is 9. The van der Waals surface area contributed by atoms with E-state index in [1.165, 1.54) is 0 Å². The standard InChI is InChI=1S/C24H32O5/c1-17-18(2)23(28-15-20-10-12-21(25-3)13-11-20)24(26-4)29-22(17)16-27-14-19-8-6-5-7-9-19/h5-13,17-18,22-24H,14-16H2,1-4H3/t17-,18+,22?,23?,24-/m1/s1. The number of ether oxygens (including phenoxy) is 5. The molecule has 0 aliphatic carbocycles. The lowest BCUT2D eigenvalue weighted by Gasteiger charge is -2.43. The van der Waals surface area contributed by atoms with E-state index in [4.69, 9.17) is 23.7 Å². The molecular formula is C24H32O5. The molecule has 0 aromatic heterocycles. The van der Waals surface area contributed by atoms with Crippen LogP contribution in [0.15, 0.2) is 54.6 Å². The zero-order chi connectivity index (χ0) is 20.6. The summed E-state index contributed by atoms with van der Waals surface area (Å²) in [7, 11) is 3.33. The van der Waals surface area contributed by atoms with Crippen LogP contribution in [0.3, 0.4) is 0 Å². The van der Waals surface area contributed by atoms with E-state index in [0.717, 1.165) is 16.9 Å². The SMILES string of the molecule is COc1ccc(COC2[C@H](OC)OC(COCc3ccccc3)[C@H](C)[C@@H]2C)cc1. The first-order valence-corrected chi connectivity index (χ1v) is 10.2. The van der Waals surface area contributed by atoms with Crippen molar-refractivity contribution in [3.63, 3.8) is 0 Å². The Kier molecular flexibility index (Phi) is 8.07. The molecule has 2 aromatic carbocycles. The van der Waals surface area contributed by atoms with Gasteiger partial charge in [-0.25, -0.2) is 0 Å². The van der Waals surface area contributed by atoms with Gasteiger partial charge in [-0.2, -0.15) is 0 Å². The Labute approximate surface area is 173 Å². The summed E-state index contributed by atoms with van der Waals surface area (Å²) in [5, 5.41) is 0. The quantitative estimate of drug-likeness (QED) is 0.623. The highest BCUT2D eigenvalue weighted by Crippen LogP contribution is 2.34. The van der Waals surface area contributed by atoms with Crippen LogP contribution in [0.25, 0.3) is 0 Å². The second kappa shape index (κ2) is 10.7. The predicted octanol–water partition coefficient (Wildman–Crippen LogP) is 4.44. The third kappa shape index (κ3) is 5.80. The molecule has 0 amide bonds. The van der Waals surface area contributed by atoms with Gasteiger partial charge in [0.2, 0.25) is 0 Å². The summed E-state index contributed by atoms with van der Waals surface area (Å²) < 4.78 is 29.2. The zero-order valence-corrected chi connectivity index (χ0v) is 17.7. The molecule has 0 bridgehead atoms. The van der Waals surface area contributed by atoms with Crippen LogP contribution in [0.2, 0.25) is 0 Å². The maximum Gasteiger partial charge on any atom is 0.184 e. The molecule has 2 aromatic rings. The molecule has 0 N–H and O–H groups in total. The van der Waals surface area contributed by atoms with E-state index in [1.54, 1.807) is 14.2 Å². The lowest BCUT2D eigenvalue weighted by atomic mass is 9.83. The molecule has 0 saturated carbocycles. The highest BCUT2D eigenvalue weighted by molar-refractivity contribution is 5.26. The highest BCUT2D eigenvalue weighted by Gasteiger charge is 2.42. The Morgan fingerprint density at radius 3 is 2.17 bits per heavy atom. The molecule has 5 heteroatoms. The van der Waals surface area contributed by atoms with Gasteiger partial charge in [-0.05, 0) is 35.1 Å². The Hall–Kier alpha value is -1.92. The van der Waals surface area contributed by atoms with Crippen LogP contribution in [-0.2, 0) is 32.2 Å². The molecule has 29 heavy (non-hydrogen) atoms. The topological polar surface area (TPSA) is 46.2 Å². The minimum atomic E-state index is -0.412. The molecule has 5 nitrogen and oxygen atoms in total. The van der Waals surface area contributed by atoms with Crippen LogP contribution in [-0.4, -0.2) is 39.3 Å². The average molecular weight is 401 g/mol. The number of benzene rings is 2. The fourth-order valence-corrected chi connectivity index (χ4v) is 3.65. The van der Waals surface area contributed by atoms with Gasteiger partial charge < -0.3 is 23.7 Å². The summed E-state index contributed by atoms with van der Waals surface area (Å²) in [5.41, 5.74) is 2.25. The van der Waals surface area contributed by atoms with Crippen molar-refractivity contribution >= 4 is 0 Å². The van der Waals surface area contributed by atoms with Crippen molar-refractivity contribution in [2.75, 3.05) is 20.8 Å². The summed E-state index contributed by atoms with van der Waals surface area (Å²) in [6.07, 6.45) is -0.577. The van der Waals surface area contributed by atoms with Gasteiger partial charge in [0, 0.05) is 7.11 Å². The van der Waals surface area contributed by atoms with Crippen LogP contribution in [0.4, 0.5) is 0 Å². The Bertz CT molecular complexity index is 716. The summed E-state index contributed by atoms with van der Waals surface area (Å²) in [5.74, 6) is 1.40. The Morgan fingerprint density at radius 2 is 1.52 bits per heavy atom. The lowest BCUT2D eigenvalue weighted by Crippen LogP contribution is -2.52. The molecule has 2 unspecified atom stereocenters. The van der Waals surface area contributed by atoms with E-state index < -0.39 is 6.29 Å². The van der Waals surface area contributed by atoms with Crippen molar-refractivity contribution in [1.82, 2.24) is 0 Å². The van der Waals surface area contributed by atoms with Crippen molar-refractivity contribution in [3.05, 3.63) is 65.7 Å². The number of hydrogen-bond acceptors (Lipinski definition) is 5. The van der Waals surface area contributed by atoms with Crippen LogP contribution in [0, 0.1) is 11.8 Å². The summed E-state index contributed by atoms with van der Waals surface area (Å²) in [6.45, 7) is 6.01. The average Bonchev–Trinajstić information content (AvgIpc) is 2.77. The third-order valence-corrected chi connectivity index (χ3v) is 5.74. The van der Waals surface area contributed by atoms with Gasteiger partial charge >= 0.3 is 0 Å². The van der Waals surface area contributed by atoms with Crippen LogP contribution >= 0.6 is 0 Å². The normalized spacial score (nSPS) is 27.0. The number of hydrogen-bond donors (Lipinski definition) is 0. The monoisotopic (exact) mass is 400 g/mol. The first-order chi connectivity index (χ1) is 14.1. The maximum absolute atomic E-state index is 6.22. The van der Waals surface area contributed by atoms with E-state index in [1.807, 2.05) is 42.5 Å². The summed E-state index contributed by atoms with van der Waals surface area (Å²) in [6, 6.07) is 18.1. The van der Waals surface area contributed by atoms with E-state index in [2.05, 4.69) is 26.0 Å². The maximum atomic E-state index is 6.22. The molecule has 0 radical (unpaired) electrons. The zero-order valence-electron chi connectivity index (χ0n) is 17.7. The van der Waals surface area contributed by atoms with Gasteiger partial charge in [0.1, 0.15) is 11.9 Å². The van der Waals surface area contributed by atoms with Gasteiger partial charge in [0.05, 0.1) is 33.0 Å². The van der Waals surface area contributed by atoms with Crippen LogP contribution in [0.5, 0.6) is 5.75 Å². The molecule has 1 fully saturated rings. The molecule has 3 rings (SSSR count). The van der Waals surface area contributed by atoms with Crippen molar-refractivity contribution in [2.24, 2.45) is 11.8 Å². The first kappa shape index (κ1) is 21.8. The second-order valence-corrected chi connectivity index (χ2v) is 7.62. The largest absolute Gasteiger partial charge is 0.497 e. The van der Waals surface area contributed by atoms with Crippen molar-refractivity contribution in [2.45, 2.75) is 45.6 Å². The van der Waals surface area contributed by atoms with E-state index in [0.29, 0.717) is 19.8 Å². The van der Waals surface area contributed by atoms with Gasteiger partial charge in [0.15, 0.2) is 6.29 Å². The smallest absolute Gasteiger partial charge is 0.184 e. The van der Waals surface area contributed by atoms with E-state index in [-0.39, 0.29) is 24.0 Å². The number of methoxy groups -OCH3 is 2. The molecule has 5 atom stereocenters. The summed E-state index contributed by atoms with van der Waals surface area (Å²) >= 11 is 0. The minimum Gasteiger partial charge on any atom is -0.497 e. The van der Waals surface area contributed by atoms with Gasteiger partial charge in [-0.15, -0.1) is 0 Å². The van der Waals surface area contributed by atoms with Crippen LogP contribution in [0.1, 0.15) is 25.0 Å². The van der Waals surface area contributed by atoms with E-state index in [9.17, 15) is 0 Å². The van der Waals surface area contributed by atoms with Crippen molar-refractivity contribution in [3.8, 4) is 5.75 Å². The second-order valence-electron chi connectivity index (χ2n) is 7.62. The predicted molar refractivity (Wildman–Crippen MR) is 112 cm³/mol. The third-order valence-electron chi connectivity index (χ3n) is 5.74. The van der Waals surface area contributed by atoms with Gasteiger partial charge in [0.25, 0.3) is 0 Å². The molecule has 1 saturated heterocycles. The molecule has 158 valence electrons.